The summed E-state index contributed by atoms with van der Waals surface area (Å²) < 4.78 is 0. The average molecular weight is 192 g/mol. The first kappa shape index (κ1) is 11.1. The van der Waals surface area contributed by atoms with Gasteiger partial charge < -0.3 is 10.2 Å². The third kappa shape index (κ3) is 3.38. The Bertz CT molecular complexity index is 269. The van der Waals surface area contributed by atoms with Crippen molar-refractivity contribution in [2.75, 3.05) is 26.0 Å². The van der Waals surface area contributed by atoms with Crippen molar-refractivity contribution in [3.63, 3.8) is 0 Å². The fourth-order valence-corrected chi connectivity index (χ4v) is 1.43. The lowest BCUT2D eigenvalue weighted by molar-refractivity contribution is 0.403. The van der Waals surface area contributed by atoms with Crippen LogP contribution in [-0.2, 0) is 6.54 Å². The van der Waals surface area contributed by atoms with Crippen LogP contribution < -0.4 is 5.32 Å². The Hall–Kier alpha value is -1.02. The number of para-hydroxylation sites is 1. The summed E-state index contributed by atoms with van der Waals surface area (Å²) in [5, 5.41) is 3.44. The number of rotatable bonds is 5. The van der Waals surface area contributed by atoms with Gasteiger partial charge >= 0.3 is 0 Å². The van der Waals surface area contributed by atoms with E-state index in [2.05, 4.69) is 55.5 Å². The van der Waals surface area contributed by atoms with Crippen LogP contribution in [0, 0.1) is 0 Å². The molecule has 0 amide bonds. The van der Waals surface area contributed by atoms with Crippen molar-refractivity contribution in [1.29, 1.82) is 0 Å². The van der Waals surface area contributed by atoms with Gasteiger partial charge in [0.1, 0.15) is 0 Å². The van der Waals surface area contributed by atoms with Gasteiger partial charge in [0.2, 0.25) is 0 Å². The number of hydrogen-bond acceptors (Lipinski definition) is 2. The summed E-state index contributed by atoms with van der Waals surface area (Å²) in [5.74, 6) is 0. The van der Waals surface area contributed by atoms with Crippen LogP contribution in [0.1, 0.15) is 18.9 Å². The van der Waals surface area contributed by atoms with Crippen LogP contribution in [0.4, 0.5) is 5.69 Å². The zero-order valence-corrected chi connectivity index (χ0v) is 9.38. The Morgan fingerprint density at radius 3 is 2.57 bits per heavy atom. The van der Waals surface area contributed by atoms with Gasteiger partial charge in [-0.05, 0) is 32.1 Å². The van der Waals surface area contributed by atoms with Crippen molar-refractivity contribution in [3.05, 3.63) is 29.8 Å². The molecule has 2 heteroatoms. The SMILES string of the molecule is CCCNc1ccccc1CN(C)C. The quantitative estimate of drug-likeness (QED) is 0.771. The van der Waals surface area contributed by atoms with Gasteiger partial charge in [0.25, 0.3) is 0 Å². The molecule has 2 nitrogen and oxygen atoms in total. The molecule has 0 fully saturated rings. The number of benzene rings is 1. The fraction of sp³-hybridized carbons (Fsp3) is 0.500. The Balaban J connectivity index is 2.69. The lowest BCUT2D eigenvalue weighted by atomic mass is 10.1. The van der Waals surface area contributed by atoms with Gasteiger partial charge in [0, 0.05) is 18.8 Å². The van der Waals surface area contributed by atoms with E-state index in [-0.39, 0.29) is 0 Å². The Morgan fingerprint density at radius 1 is 1.21 bits per heavy atom. The van der Waals surface area contributed by atoms with Crippen LogP contribution in [0.15, 0.2) is 24.3 Å². The van der Waals surface area contributed by atoms with Gasteiger partial charge in [0.05, 0.1) is 0 Å². The van der Waals surface area contributed by atoms with Crippen LogP contribution in [0.5, 0.6) is 0 Å². The highest BCUT2D eigenvalue weighted by molar-refractivity contribution is 5.50. The molecule has 0 bridgehead atoms. The monoisotopic (exact) mass is 192 g/mol. The molecule has 0 aliphatic carbocycles. The molecule has 0 saturated heterocycles. The normalized spacial score (nSPS) is 10.6. The van der Waals surface area contributed by atoms with Crippen molar-refractivity contribution in [1.82, 2.24) is 4.90 Å². The van der Waals surface area contributed by atoms with Crippen LogP contribution >= 0.6 is 0 Å². The third-order valence-electron chi connectivity index (χ3n) is 2.07. The Morgan fingerprint density at radius 2 is 1.93 bits per heavy atom. The maximum Gasteiger partial charge on any atom is 0.0385 e. The number of anilines is 1. The maximum atomic E-state index is 3.44. The molecular weight excluding hydrogens is 172 g/mol. The minimum atomic E-state index is 0.993. The standard InChI is InChI=1S/C12H20N2/c1-4-9-13-12-8-6-5-7-11(12)10-14(2)3/h5-8,13H,4,9-10H2,1-3H3. The van der Waals surface area contributed by atoms with Crippen molar-refractivity contribution < 1.29 is 0 Å². The molecule has 0 atom stereocenters. The van der Waals surface area contributed by atoms with E-state index >= 15 is 0 Å². The van der Waals surface area contributed by atoms with Crippen molar-refractivity contribution >= 4 is 5.69 Å². The first-order chi connectivity index (χ1) is 6.74. The van der Waals surface area contributed by atoms with Crippen molar-refractivity contribution in [2.45, 2.75) is 19.9 Å². The summed E-state index contributed by atoms with van der Waals surface area (Å²) in [7, 11) is 4.19. The van der Waals surface area contributed by atoms with E-state index in [0.717, 1.165) is 19.5 Å². The van der Waals surface area contributed by atoms with Crippen LogP contribution in [-0.4, -0.2) is 25.5 Å². The largest absolute Gasteiger partial charge is 0.385 e. The third-order valence-corrected chi connectivity index (χ3v) is 2.07. The van der Waals surface area contributed by atoms with E-state index in [1.165, 1.54) is 11.3 Å². The van der Waals surface area contributed by atoms with E-state index in [1.807, 2.05) is 0 Å². The molecular formula is C12H20N2. The maximum absolute atomic E-state index is 3.44. The predicted octanol–water partition coefficient (Wildman–Crippen LogP) is 2.57. The molecule has 0 radical (unpaired) electrons. The molecule has 0 heterocycles. The Kier molecular flexibility index (Phi) is 4.47. The second-order valence-electron chi connectivity index (χ2n) is 3.82. The molecule has 0 saturated carbocycles. The van der Waals surface area contributed by atoms with E-state index in [0.29, 0.717) is 0 Å². The van der Waals surface area contributed by atoms with Crippen LogP contribution in [0.3, 0.4) is 0 Å². The first-order valence-electron chi connectivity index (χ1n) is 5.20. The summed E-state index contributed by atoms with van der Waals surface area (Å²) >= 11 is 0. The summed E-state index contributed by atoms with van der Waals surface area (Å²) in [5.41, 5.74) is 2.63. The van der Waals surface area contributed by atoms with Gasteiger partial charge in [-0.2, -0.15) is 0 Å². The molecule has 0 aromatic heterocycles. The number of hydrogen-bond donors (Lipinski definition) is 1. The molecule has 78 valence electrons. The van der Waals surface area contributed by atoms with Gasteiger partial charge in [-0.1, -0.05) is 25.1 Å². The van der Waals surface area contributed by atoms with E-state index in [1.54, 1.807) is 0 Å². The van der Waals surface area contributed by atoms with Crippen LogP contribution in [0.25, 0.3) is 0 Å². The summed E-state index contributed by atoms with van der Waals surface area (Å²) in [6.07, 6.45) is 1.16. The smallest absolute Gasteiger partial charge is 0.0385 e. The molecule has 0 unspecified atom stereocenters. The van der Waals surface area contributed by atoms with Gasteiger partial charge in [0.15, 0.2) is 0 Å². The van der Waals surface area contributed by atoms with E-state index < -0.39 is 0 Å². The predicted molar refractivity (Wildman–Crippen MR) is 62.6 cm³/mol. The number of nitrogens with one attached hydrogen (secondary N) is 1. The van der Waals surface area contributed by atoms with Gasteiger partial charge in [-0.15, -0.1) is 0 Å². The molecule has 1 N–H and O–H groups in total. The van der Waals surface area contributed by atoms with E-state index in [4.69, 9.17) is 0 Å². The Labute approximate surface area is 86.9 Å². The van der Waals surface area contributed by atoms with Gasteiger partial charge in [-0.25, -0.2) is 0 Å². The minimum absolute atomic E-state index is 0.993. The summed E-state index contributed by atoms with van der Waals surface area (Å²) in [6.45, 7) is 4.22. The average Bonchev–Trinajstić information content (AvgIpc) is 2.16. The molecule has 0 spiro atoms. The second-order valence-corrected chi connectivity index (χ2v) is 3.82. The molecule has 0 aliphatic heterocycles. The fourth-order valence-electron chi connectivity index (χ4n) is 1.43. The van der Waals surface area contributed by atoms with Crippen LogP contribution in [0.2, 0.25) is 0 Å². The molecule has 1 aromatic carbocycles. The molecule has 1 rings (SSSR count). The lowest BCUT2D eigenvalue weighted by Gasteiger charge is -2.14. The summed E-state index contributed by atoms with van der Waals surface area (Å²) in [6, 6.07) is 8.50. The minimum Gasteiger partial charge on any atom is -0.385 e. The molecule has 0 aliphatic rings. The van der Waals surface area contributed by atoms with E-state index in [9.17, 15) is 0 Å². The lowest BCUT2D eigenvalue weighted by Crippen LogP contribution is -2.13. The zero-order valence-electron chi connectivity index (χ0n) is 9.38. The number of nitrogens with zero attached hydrogens (tertiary/aromatic N) is 1. The van der Waals surface area contributed by atoms with Crippen molar-refractivity contribution in [2.24, 2.45) is 0 Å². The first-order valence-corrected chi connectivity index (χ1v) is 5.20. The topological polar surface area (TPSA) is 15.3 Å². The summed E-state index contributed by atoms with van der Waals surface area (Å²) in [4.78, 5) is 2.19. The highest BCUT2D eigenvalue weighted by atomic mass is 15.1. The van der Waals surface area contributed by atoms with Crippen molar-refractivity contribution in [3.8, 4) is 0 Å². The zero-order chi connectivity index (χ0) is 10.4. The molecule has 14 heavy (non-hydrogen) atoms. The molecule has 1 aromatic rings. The highest BCUT2D eigenvalue weighted by Gasteiger charge is 2.00. The highest BCUT2D eigenvalue weighted by Crippen LogP contribution is 2.15. The van der Waals surface area contributed by atoms with Gasteiger partial charge in [-0.3, -0.25) is 0 Å². The second kappa shape index (κ2) is 5.66.